The van der Waals surface area contributed by atoms with E-state index in [0.29, 0.717) is 23.6 Å². The quantitative estimate of drug-likeness (QED) is 0.441. The van der Waals surface area contributed by atoms with E-state index in [4.69, 9.17) is 26.0 Å². The minimum atomic E-state index is -0.802. The molecule has 5 N–H and O–H groups in total. The lowest BCUT2D eigenvalue weighted by atomic mass is 9.91. The first-order valence-corrected chi connectivity index (χ1v) is 9.35. The zero-order valence-corrected chi connectivity index (χ0v) is 17.4. The smallest absolute Gasteiger partial charge is 0.208 e. The van der Waals surface area contributed by atoms with Crippen LogP contribution in [0.25, 0.3) is 0 Å². The predicted octanol–water partition coefficient (Wildman–Crippen LogP) is 2.91. The van der Waals surface area contributed by atoms with Gasteiger partial charge in [-0.1, -0.05) is 18.2 Å². The van der Waals surface area contributed by atoms with Crippen molar-refractivity contribution in [1.29, 1.82) is 10.8 Å². The largest absolute Gasteiger partial charge is 0.497 e. The number of carbonyl (C=O) groups excluding carboxylic acids is 1. The van der Waals surface area contributed by atoms with E-state index in [-0.39, 0.29) is 17.0 Å². The van der Waals surface area contributed by atoms with Gasteiger partial charge in [-0.15, -0.1) is 0 Å². The minimum Gasteiger partial charge on any atom is -0.497 e. The van der Waals surface area contributed by atoms with Gasteiger partial charge in [0, 0.05) is 48.9 Å². The maximum atomic E-state index is 13.3. The summed E-state index contributed by atoms with van der Waals surface area (Å²) in [7, 11) is 4.62. The fourth-order valence-electron chi connectivity index (χ4n) is 2.99. The topological polar surface area (TPSA) is 134 Å². The molecular formula is C22H27N5O3. The maximum Gasteiger partial charge on any atom is 0.208 e. The van der Waals surface area contributed by atoms with Crippen LogP contribution in [0.15, 0.2) is 58.3 Å². The molecular weight excluding hydrogens is 382 g/mol. The van der Waals surface area contributed by atoms with Crippen molar-refractivity contribution in [2.24, 2.45) is 10.7 Å². The van der Waals surface area contributed by atoms with Crippen molar-refractivity contribution in [3.8, 4) is 11.5 Å². The number of ether oxygens (including phenoxy) is 2. The molecule has 8 heteroatoms. The van der Waals surface area contributed by atoms with Crippen LogP contribution in [0.2, 0.25) is 0 Å². The SMILES string of the molecule is CN=CC(C=N)=C(N)C(=N)C(=O)C(Nc1cc(OC)cc(OC)c1)C1=CC=CCC1. The lowest BCUT2D eigenvalue weighted by Crippen LogP contribution is -2.39. The van der Waals surface area contributed by atoms with Crippen LogP contribution in [0.3, 0.4) is 0 Å². The second-order valence-electron chi connectivity index (χ2n) is 6.53. The molecule has 0 radical (unpaired) electrons. The zero-order valence-electron chi connectivity index (χ0n) is 17.4. The first-order chi connectivity index (χ1) is 14.4. The monoisotopic (exact) mass is 409 g/mol. The molecule has 0 saturated heterocycles. The number of nitrogens with one attached hydrogen (secondary N) is 3. The van der Waals surface area contributed by atoms with Crippen LogP contribution in [-0.2, 0) is 4.79 Å². The number of hydrogen-bond donors (Lipinski definition) is 4. The van der Waals surface area contributed by atoms with Gasteiger partial charge < -0.3 is 25.9 Å². The molecule has 0 heterocycles. The van der Waals surface area contributed by atoms with Crippen molar-refractivity contribution in [1.82, 2.24) is 0 Å². The number of methoxy groups -OCH3 is 2. The standard InChI is InChI=1S/C22H27N5O3/c1-26-13-15(12-23)19(24)20(25)22(28)21(14-7-5-4-6-8-14)27-16-9-17(29-2)11-18(10-16)30-3/h4-5,7,9-13,21,23,25,27H,6,8,24H2,1-3H3. The first kappa shape index (κ1) is 22.6. The molecule has 1 aliphatic rings. The highest BCUT2D eigenvalue weighted by molar-refractivity contribution is 6.48. The van der Waals surface area contributed by atoms with E-state index in [9.17, 15) is 4.79 Å². The summed E-state index contributed by atoms with van der Waals surface area (Å²) in [5.74, 6) is 0.639. The molecule has 2 rings (SSSR count). The molecule has 0 bridgehead atoms. The number of nitrogens with zero attached hydrogens (tertiary/aromatic N) is 1. The van der Waals surface area contributed by atoms with Gasteiger partial charge in [0.25, 0.3) is 0 Å². The number of carbonyl (C=O) groups is 1. The van der Waals surface area contributed by atoms with Crippen molar-refractivity contribution in [3.05, 3.63) is 53.3 Å². The third kappa shape index (κ3) is 5.44. The van der Waals surface area contributed by atoms with Crippen LogP contribution in [0.4, 0.5) is 5.69 Å². The summed E-state index contributed by atoms with van der Waals surface area (Å²) in [4.78, 5) is 17.1. The van der Waals surface area contributed by atoms with Gasteiger partial charge >= 0.3 is 0 Å². The molecule has 1 aliphatic carbocycles. The maximum absolute atomic E-state index is 13.3. The van der Waals surface area contributed by atoms with Crippen LogP contribution < -0.4 is 20.5 Å². The van der Waals surface area contributed by atoms with E-state index >= 15 is 0 Å². The highest BCUT2D eigenvalue weighted by atomic mass is 16.5. The summed E-state index contributed by atoms with van der Waals surface area (Å²) in [6.07, 6.45) is 9.57. The number of hydrogen-bond acceptors (Lipinski definition) is 8. The average Bonchev–Trinajstić information content (AvgIpc) is 2.79. The van der Waals surface area contributed by atoms with Crippen molar-refractivity contribution < 1.29 is 14.3 Å². The molecule has 8 nitrogen and oxygen atoms in total. The van der Waals surface area contributed by atoms with E-state index in [1.54, 1.807) is 32.4 Å². The molecule has 0 spiro atoms. The summed E-state index contributed by atoms with van der Waals surface area (Å²) >= 11 is 0. The van der Waals surface area contributed by atoms with Crippen LogP contribution in [0.1, 0.15) is 12.8 Å². The Hall–Kier alpha value is -3.68. The Morgan fingerprint density at radius 2 is 1.93 bits per heavy atom. The summed E-state index contributed by atoms with van der Waals surface area (Å²) < 4.78 is 10.6. The Morgan fingerprint density at radius 1 is 1.27 bits per heavy atom. The fourth-order valence-corrected chi connectivity index (χ4v) is 2.99. The van der Waals surface area contributed by atoms with Crippen molar-refractivity contribution in [3.63, 3.8) is 0 Å². The van der Waals surface area contributed by atoms with E-state index in [1.165, 1.54) is 13.3 Å². The lowest BCUT2D eigenvalue weighted by Gasteiger charge is -2.24. The molecule has 0 fully saturated rings. The number of nitrogens with two attached hydrogens (primary N) is 1. The van der Waals surface area contributed by atoms with Gasteiger partial charge in [-0.25, -0.2) is 0 Å². The molecule has 1 aromatic rings. The Balaban J connectivity index is 2.45. The van der Waals surface area contributed by atoms with Gasteiger partial charge in [-0.3, -0.25) is 15.2 Å². The highest BCUT2D eigenvalue weighted by Gasteiger charge is 2.28. The van der Waals surface area contributed by atoms with Gasteiger partial charge in [-0.2, -0.15) is 0 Å². The second kappa shape index (κ2) is 10.8. The molecule has 0 aromatic heterocycles. The molecule has 30 heavy (non-hydrogen) atoms. The molecule has 1 aromatic carbocycles. The molecule has 158 valence electrons. The Kier molecular flexibility index (Phi) is 8.10. The van der Waals surface area contributed by atoms with Crippen LogP contribution in [0.5, 0.6) is 11.5 Å². The number of ketones is 1. The second-order valence-corrected chi connectivity index (χ2v) is 6.53. The number of benzene rings is 1. The van der Waals surface area contributed by atoms with Crippen molar-refractivity contribution in [2.45, 2.75) is 18.9 Å². The Morgan fingerprint density at radius 3 is 2.43 bits per heavy atom. The normalized spacial score (nSPS) is 15.1. The fraction of sp³-hybridized carbons (Fsp3) is 0.273. The van der Waals surface area contributed by atoms with Gasteiger partial charge in [0.05, 0.1) is 19.9 Å². The van der Waals surface area contributed by atoms with E-state index in [0.717, 1.165) is 18.2 Å². The van der Waals surface area contributed by atoms with Crippen LogP contribution in [0, 0.1) is 10.8 Å². The van der Waals surface area contributed by atoms with E-state index < -0.39 is 11.8 Å². The molecule has 1 unspecified atom stereocenters. The van der Waals surface area contributed by atoms with Crippen molar-refractivity contribution in [2.75, 3.05) is 26.6 Å². The minimum absolute atomic E-state index is 0.0948. The summed E-state index contributed by atoms with van der Waals surface area (Å²) in [5.41, 5.74) is 7.18. The van der Waals surface area contributed by atoms with Gasteiger partial charge in [-0.05, 0) is 18.4 Å². The molecule has 0 saturated carbocycles. The predicted molar refractivity (Wildman–Crippen MR) is 121 cm³/mol. The molecule has 0 amide bonds. The first-order valence-electron chi connectivity index (χ1n) is 9.35. The van der Waals surface area contributed by atoms with Gasteiger partial charge in [0.1, 0.15) is 23.3 Å². The summed E-state index contributed by atoms with van der Waals surface area (Å²) in [6.45, 7) is 0. The Labute approximate surface area is 176 Å². The van der Waals surface area contributed by atoms with E-state index in [1.807, 2.05) is 18.2 Å². The molecule has 0 aliphatic heterocycles. The summed E-state index contributed by atoms with van der Waals surface area (Å²) in [5, 5.41) is 19.0. The van der Waals surface area contributed by atoms with E-state index in [2.05, 4.69) is 10.3 Å². The van der Waals surface area contributed by atoms with Crippen LogP contribution >= 0.6 is 0 Å². The highest BCUT2D eigenvalue weighted by Crippen LogP contribution is 2.28. The van der Waals surface area contributed by atoms with Crippen molar-refractivity contribution >= 4 is 29.6 Å². The molecule has 1 atom stereocenters. The summed E-state index contributed by atoms with van der Waals surface area (Å²) in [6, 6.07) is 4.42. The van der Waals surface area contributed by atoms with Gasteiger partial charge in [0.2, 0.25) is 5.78 Å². The van der Waals surface area contributed by atoms with Crippen LogP contribution in [-0.4, -0.2) is 51.2 Å². The van der Waals surface area contributed by atoms with Gasteiger partial charge in [0.15, 0.2) is 0 Å². The number of rotatable bonds is 10. The zero-order chi connectivity index (χ0) is 22.1. The lowest BCUT2D eigenvalue weighted by molar-refractivity contribution is -0.113. The average molecular weight is 409 g/mol. The number of aliphatic imine (C=N–C) groups is 1. The third-order valence-corrected chi connectivity index (χ3v) is 4.59. The number of anilines is 1. The Bertz CT molecular complexity index is 922. The number of Topliss-reactive ketones (excluding diaryl/α,β-unsaturated/α-hetero) is 1. The third-order valence-electron chi connectivity index (χ3n) is 4.59. The number of allylic oxidation sites excluding steroid dienone is 5.